The summed E-state index contributed by atoms with van der Waals surface area (Å²) in [5.74, 6) is 0.229. The van der Waals surface area contributed by atoms with Crippen molar-refractivity contribution in [2.24, 2.45) is 5.73 Å². The largest absolute Gasteiger partial charge is 0.320 e. The minimum Gasteiger partial charge on any atom is -0.320 e. The highest BCUT2D eigenvalue weighted by molar-refractivity contribution is 9.10. The van der Waals surface area contributed by atoms with E-state index in [2.05, 4.69) is 32.8 Å². The van der Waals surface area contributed by atoms with Gasteiger partial charge in [0.2, 0.25) is 5.91 Å². The third-order valence-electron chi connectivity index (χ3n) is 1.74. The molecule has 4 nitrogen and oxygen atoms in total. The van der Waals surface area contributed by atoms with E-state index in [1.165, 1.54) is 0 Å². The molecule has 80 valence electrons. The number of anilines is 1. The number of nitrogens with one attached hydrogen (secondary N) is 1. The summed E-state index contributed by atoms with van der Waals surface area (Å²) in [6, 6.07) is 2.91. The Morgan fingerprint density at radius 2 is 2.47 bits per heavy atom. The topological polar surface area (TPSA) is 68.0 Å². The standard InChI is InChI=1S/C10H12BrN3O/c1-2-3-8(12)10(15)14-9-5-4-7(11)6-13-9/h2,4-6,8H,1,3,12H2,(H,13,14,15). The molecule has 1 atom stereocenters. The van der Waals surface area contributed by atoms with Crippen molar-refractivity contribution in [1.29, 1.82) is 0 Å². The second kappa shape index (κ2) is 5.63. The number of amides is 1. The summed E-state index contributed by atoms with van der Waals surface area (Å²) >= 11 is 3.25. The van der Waals surface area contributed by atoms with Gasteiger partial charge in [-0.2, -0.15) is 0 Å². The first kappa shape index (κ1) is 11.9. The number of hydrogen-bond donors (Lipinski definition) is 2. The molecule has 0 bridgehead atoms. The van der Waals surface area contributed by atoms with Crippen LogP contribution in [0.15, 0.2) is 35.5 Å². The van der Waals surface area contributed by atoms with E-state index in [1.54, 1.807) is 24.4 Å². The van der Waals surface area contributed by atoms with Gasteiger partial charge in [-0.25, -0.2) is 4.98 Å². The third kappa shape index (κ3) is 3.81. The lowest BCUT2D eigenvalue weighted by Crippen LogP contribution is -2.35. The quantitative estimate of drug-likeness (QED) is 0.818. The van der Waals surface area contributed by atoms with Crippen molar-refractivity contribution < 1.29 is 4.79 Å². The number of pyridine rings is 1. The lowest BCUT2D eigenvalue weighted by Gasteiger charge is -2.09. The van der Waals surface area contributed by atoms with Crippen LogP contribution in [0.2, 0.25) is 0 Å². The van der Waals surface area contributed by atoms with Gasteiger partial charge < -0.3 is 11.1 Å². The van der Waals surface area contributed by atoms with E-state index < -0.39 is 6.04 Å². The normalized spacial score (nSPS) is 11.9. The summed E-state index contributed by atoms with van der Waals surface area (Å²) < 4.78 is 0.857. The molecular formula is C10H12BrN3O. The Morgan fingerprint density at radius 1 is 1.73 bits per heavy atom. The summed E-state index contributed by atoms with van der Waals surface area (Å²) in [7, 11) is 0. The van der Waals surface area contributed by atoms with Crippen LogP contribution in [0.25, 0.3) is 0 Å². The number of carbonyl (C=O) groups is 1. The van der Waals surface area contributed by atoms with Gasteiger partial charge in [0, 0.05) is 10.7 Å². The van der Waals surface area contributed by atoms with Crippen LogP contribution in [0.1, 0.15) is 6.42 Å². The second-order valence-electron chi connectivity index (χ2n) is 2.98. The van der Waals surface area contributed by atoms with Gasteiger partial charge in [-0.1, -0.05) is 6.08 Å². The molecule has 1 aromatic heterocycles. The van der Waals surface area contributed by atoms with Crippen LogP contribution < -0.4 is 11.1 Å². The van der Waals surface area contributed by atoms with Gasteiger partial charge >= 0.3 is 0 Å². The van der Waals surface area contributed by atoms with Crippen molar-refractivity contribution in [2.75, 3.05) is 5.32 Å². The molecule has 0 aliphatic rings. The first-order chi connectivity index (χ1) is 7.13. The average molecular weight is 270 g/mol. The number of halogens is 1. The average Bonchev–Trinajstić information content (AvgIpc) is 2.22. The van der Waals surface area contributed by atoms with Gasteiger partial charge in [0.1, 0.15) is 5.82 Å². The summed E-state index contributed by atoms with van der Waals surface area (Å²) in [4.78, 5) is 15.5. The Hall–Kier alpha value is -1.20. The van der Waals surface area contributed by atoms with Gasteiger partial charge in [-0.3, -0.25) is 4.79 Å². The summed E-state index contributed by atoms with van der Waals surface area (Å²) in [6.07, 6.45) is 3.66. The van der Waals surface area contributed by atoms with Gasteiger partial charge in [0.15, 0.2) is 0 Å². The fourth-order valence-electron chi connectivity index (χ4n) is 0.955. The Kier molecular flexibility index (Phi) is 4.45. The van der Waals surface area contributed by atoms with Crippen LogP contribution in [0.3, 0.4) is 0 Å². The van der Waals surface area contributed by atoms with E-state index in [-0.39, 0.29) is 5.91 Å². The molecule has 5 heteroatoms. The van der Waals surface area contributed by atoms with E-state index in [0.717, 1.165) is 4.47 Å². The molecule has 0 spiro atoms. The van der Waals surface area contributed by atoms with Gasteiger partial charge in [-0.05, 0) is 34.5 Å². The molecule has 0 fully saturated rings. The molecular weight excluding hydrogens is 258 g/mol. The van der Waals surface area contributed by atoms with Gasteiger partial charge in [-0.15, -0.1) is 6.58 Å². The molecule has 0 aliphatic carbocycles. The molecule has 0 radical (unpaired) electrons. The number of hydrogen-bond acceptors (Lipinski definition) is 3. The molecule has 15 heavy (non-hydrogen) atoms. The SMILES string of the molecule is C=CCC(N)C(=O)Nc1ccc(Br)cn1. The van der Waals surface area contributed by atoms with E-state index >= 15 is 0 Å². The van der Waals surface area contributed by atoms with Gasteiger partial charge in [0.05, 0.1) is 6.04 Å². The molecule has 1 aromatic rings. The number of rotatable bonds is 4. The number of carbonyl (C=O) groups excluding carboxylic acids is 1. The Morgan fingerprint density at radius 3 is 3.00 bits per heavy atom. The van der Waals surface area contributed by atoms with Crippen LogP contribution in [0, 0.1) is 0 Å². The maximum Gasteiger partial charge on any atom is 0.242 e. The fourth-order valence-corrected chi connectivity index (χ4v) is 1.19. The van der Waals surface area contributed by atoms with E-state index in [4.69, 9.17) is 5.73 Å². The Balaban J connectivity index is 2.58. The molecule has 0 aromatic carbocycles. The summed E-state index contributed by atoms with van der Waals surface area (Å²) in [6.45, 7) is 3.52. The first-order valence-electron chi connectivity index (χ1n) is 4.42. The van der Waals surface area contributed by atoms with Crippen molar-refractivity contribution >= 4 is 27.7 Å². The maximum atomic E-state index is 11.5. The first-order valence-corrected chi connectivity index (χ1v) is 5.21. The van der Waals surface area contributed by atoms with Crippen molar-refractivity contribution in [3.05, 3.63) is 35.5 Å². The number of aromatic nitrogens is 1. The molecule has 1 unspecified atom stereocenters. The fraction of sp³-hybridized carbons (Fsp3) is 0.200. The van der Waals surface area contributed by atoms with E-state index in [0.29, 0.717) is 12.2 Å². The maximum absolute atomic E-state index is 11.5. The smallest absolute Gasteiger partial charge is 0.242 e. The monoisotopic (exact) mass is 269 g/mol. The van der Waals surface area contributed by atoms with Crippen molar-refractivity contribution in [3.63, 3.8) is 0 Å². The van der Waals surface area contributed by atoms with Crippen LogP contribution in [-0.2, 0) is 4.79 Å². The molecule has 0 aliphatic heterocycles. The van der Waals surface area contributed by atoms with Crippen LogP contribution in [0.4, 0.5) is 5.82 Å². The Labute approximate surface area is 96.7 Å². The summed E-state index contributed by atoms with van der Waals surface area (Å²) in [5.41, 5.74) is 5.59. The van der Waals surface area contributed by atoms with Crippen molar-refractivity contribution in [2.45, 2.75) is 12.5 Å². The predicted octanol–water partition coefficient (Wildman–Crippen LogP) is 1.69. The summed E-state index contributed by atoms with van der Waals surface area (Å²) in [5, 5.41) is 2.61. The highest BCUT2D eigenvalue weighted by Gasteiger charge is 2.11. The van der Waals surface area contributed by atoms with Crippen LogP contribution >= 0.6 is 15.9 Å². The molecule has 3 N–H and O–H groups in total. The Bertz CT molecular complexity index is 350. The molecule has 1 rings (SSSR count). The molecule has 1 heterocycles. The lowest BCUT2D eigenvalue weighted by molar-refractivity contribution is -0.117. The van der Waals surface area contributed by atoms with E-state index in [1.807, 2.05) is 0 Å². The van der Waals surface area contributed by atoms with E-state index in [9.17, 15) is 4.79 Å². The van der Waals surface area contributed by atoms with Gasteiger partial charge in [0.25, 0.3) is 0 Å². The zero-order valence-electron chi connectivity index (χ0n) is 8.11. The molecule has 0 saturated carbocycles. The third-order valence-corrected chi connectivity index (χ3v) is 2.21. The highest BCUT2D eigenvalue weighted by Crippen LogP contribution is 2.10. The van der Waals surface area contributed by atoms with Crippen LogP contribution in [-0.4, -0.2) is 16.9 Å². The second-order valence-corrected chi connectivity index (χ2v) is 3.90. The number of nitrogens with zero attached hydrogens (tertiary/aromatic N) is 1. The van der Waals surface area contributed by atoms with Crippen LogP contribution in [0.5, 0.6) is 0 Å². The zero-order chi connectivity index (χ0) is 11.3. The minimum atomic E-state index is -0.576. The zero-order valence-corrected chi connectivity index (χ0v) is 9.70. The predicted molar refractivity (Wildman–Crippen MR) is 63.4 cm³/mol. The molecule has 1 amide bonds. The number of nitrogens with two attached hydrogens (primary N) is 1. The highest BCUT2D eigenvalue weighted by atomic mass is 79.9. The van der Waals surface area contributed by atoms with Crippen molar-refractivity contribution in [1.82, 2.24) is 4.98 Å². The minimum absolute atomic E-state index is 0.260. The molecule has 0 saturated heterocycles. The van der Waals surface area contributed by atoms with Crippen molar-refractivity contribution in [3.8, 4) is 0 Å². The lowest BCUT2D eigenvalue weighted by atomic mass is 10.2.